The van der Waals surface area contributed by atoms with E-state index in [2.05, 4.69) is 19.9 Å². The van der Waals surface area contributed by atoms with Crippen molar-refractivity contribution < 1.29 is 19.1 Å². The van der Waals surface area contributed by atoms with Gasteiger partial charge in [0.2, 0.25) is 5.78 Å². The minimum absolute atomic E-state index is 0.0128. The smallest absolute Gasteiger partial charge is 0.293 e. The van der Waals surface area contributed by atoms with Crippen LogP contribution in [0.3, 0.4) is 0 Å². The van der Waals surface area contributed by atoms with Crippen LogP contribution in [-0.2, 0) is 22.7 Å². The average molecular weight is 555 g/mol. The van der Waals surface area contributed by atoms with Crippen molar-refractivity contribution in [3.63, 3.8) is 0 Å². The summed E-state index contributed by atoms with van der Waals surface area (Å²) < 4.78 is 10.7. The van der Waals surface area contributed by atoms with Gasteiger partial charge >= 0.3 is 0 Å². The molecule has 8 heteroatoms. The van der Waals surface area contributed by atoms with E-state index in [1.54, 1.807) is 0 Å². The number of ether oxygens (including phenoxy) is 2. The molecule has 0 atom stereocenters. The highest BCUT2D eigenvalue weighted by molar-refractivity contribution is 6.12. The Morgan fingerprint density at radius 3 is 2.20 bits per heavy atom. The van der Waals surface area contributed by atoms with E-state index < -0.39 is 0 Å². The fourth-order valence-electron chi connectivity index (χ4n) is 4.60. The summed E-state index contributed by atoms with van der Waals surface area (Å²) in [5, 5.41) is 4.40. The highest BCUT2D eigenvalue weighted by atomic mass is 16.5. The molecule has 1 saturated heterocycles. The largest absolute Gasteiger partial charge is 0.488 e. The Bertz CT molecular complexity index is 1440. The normalized spacial score (nSPS) is 13.2. The molecule has 1 aliphatic rings. The number of rotatable bonds is 10. The van der Waals surface area contributed by atoms with Crippen LogP contribution in [0.4, 0.5) is 0 Å². The van der Waals surface area contributed by atoms with Crippen molar-refractivity contribution in [1.82, 2.24) is 20.1 Å². The summed E-state index contributed by atoms with van der Waals surface area (Å²) in [7, 11) is 3.89. The molecule has 3 aromatic carbocycles. The predicted molar refractivity (Wildman–Crippen MR) is 162 cm³/mol. The van der Waals surface area contributed by atoms with Gasteiger partial charge < -0.3 is 29.6 Å². The Morgan fingerprint density at radius 2 is 1.59 bits per heavy atom. The van der Waals surface area contributed by atoms with Crippen molar-refractivity contribution in [3.05, 3.63) is 113 Å². The SMILES string of the molecule is Cc1c[nH]c2cc(OCc3ccccc3)c(C(=O)C(=CN(C)C)N3CCNCC3)cc12.O=COCc1ccccc1. The van der Waals surface area contributed by atoms with Crippen molar-refractivity contribution >= 4 is 23.2 Å². The van der Waals surface area contributed by atoms with E-state index in [-0.39, 0.29) is 5.78 Å². The van der Waals surface area contributed by atoms with Crippen LogP contribution in [0.5, 0.6) is 5.75 Å². The van der Waals surface area contributed by atoms with Gasteiger partial charge in [0.25, 0.3) is 6.47 Å². The summed E-state index contributed by atoms with van der Waals surface area (Å²) in [6.45, 7) is 6.61. The van der Waals surface area contributed by atoms with Gasteiger partial charge in [-0.05, 0) is 29.7 Å². The Kier molecular flexibility index (Phi) is 10.6. The number of hydrogen-bond donors (Lipinski definition) is 2. The van der Waals surface area contributed by atoms with Crippen molar-refractivity contribution in [3.8, 4) is 5.75 Å². The van der Waals surface area contributed by atoms with Crippen molar-refractivity contribution in [1.29, 1.82) is 0 Å². The van der Waals surface area contributed by atoms with E-state index in [0.717, 1.165) is 53.8 Å². The number of aromatic nitrogens is 1. The van der Waals surface area contributed by atoms with E-state index in [1.165, 1.54) is 0 Å². The Labute approximate surface area is 241 Å². The van der Waals surface area contributed by atoms with Gasteiger partial charge in [0, 0.05) is 69.6 Å². The summed E-state index contributed by atoms with van der Waals surface area (Å²) >= 11 is 0. The molecule has 1 fully saturated rings. The number of nitrogens with one attached hydrogen (secondary N) is 2. The minimum atomic E-state index is -0.0128. The monoisotopic (exact) mass is 554 g/mol. The molecule has 0 saturated carbocycles. The number of H-pyrrole nitrogens is 1. The van der Waals surface area contributed by atoms with Gasteiger partial charge in [-0.3, -0.25) is 9.59 Å². The summed E-state index contributed by atoms with van der Waals surface area (Å²) in [6, 6.07) is 23.5. The van der Waals surface area contributed by atoms with E-state index in [4.69, 9.17) is 4.74 Å². The third-order valence-corrected chi connectivity index (χ3v) is 6.70. The highest BCUT2D eigenvalue weighted by Crippen LogP contribution is 2.31. The molecule has 1 aromatic heterocycles. The first-order chi connectivity index (χ1) is 20.0. The van der Waals surface area contributed by atoms with Crippen LogP contribution in [0, 0.1) is 6.92 Å². The van der Waals surface area contributed by atoms with Crippen LogP contribution in [0.2, 0.25) is 0 Å². The van der Waals surface area contributed by atoms with Crippen molar-refractivity contribution in [2.45, 2.75) is 20.1 Å². The number of Topliss-reactive ketones (excluding diaryl/α,β-unsaturated/α-hetero) is 1. The summed E-state index contributed by atoms with van der Waals surface area (Å²) in [4.78, 5) is 31.0. The van der Waals surface area contributed by atoms with Gasteiger partial charge in [0.15, 0.2) is 0 Å². The molecule has 0 radical (unpaired) electrons. The number of carbonyl (C=O) groups is 2. The first-order valence-corrected chi connectivity index (χ1v) is 13.7. The second kappa shape index (κ2) is 14.7. The fourth-order valence-corrected chi connectivity index (χ4v) is 4.60. The standard InChI is InChI=1S/C25H30N4O2.C8H8O2/c1-18-15-27-22-14-24(31-17-19-7-5-4-6-8-19)21(13-20(18)22)25(30)23(16-28(2)3)29-11-9-26-10-12-29;9-7-10-6-8-4-2-1-3-5-8/h4-8,13-16,26-27H,9-12,17H2,1-3H3;1-5,7H,6H2. The van der Waals surface area contributed by atoms with E-state index in [9.17, 15) is 9.59 Å². The number of allylic oxidation sites excluding steroid dienone is 1. The topological polar surface area (TPSA) is 86.9 Å². The van der Waals surface area contributed by atoms with Gasteiger partial charge in [-0.1, -0.05) is 60.7 Å². The molecule has 214 valence electrons. The lowest BCUT2D eigenvalue weighted by atomic mass is 10.0. The molecule has 0 bridgehead atoms. The lowest BCUT2D eigenvalue weighted by molar-refractivity contribution is -0.129. The van der Waals surface area contributed by atoms with Gasteiger partial charge in [0.05, 0.1) is 5.56 Å². The molecule has 0 amide bonds. The molecular formula is C33H38N4O4. The lowest BCUT2D eigenvalue weighted by Crippen LogP contribution is -2.44. The van der Waals surface area contributed by atoms with Crippen LogP contribution in [0.15, 0.2) is 90.9 Å². The molecular weight excluding hydrogens is 516 g/mol. The quantitative estimate of drug-likeness (QED) is 0.164. The Balaban J connectivity index is 0.000000328. The molecule has 0 aliphatic carbocycles. The maximum absolute atomic E-state index is 13.8. The number of piperazine rings is 1. The molecule has 4 aromatic rings. The van der Waals surface area contributed by atoms with Crippen LogP contribution >= 0.6 is 0 Å². The predicted octanol–water partition coefficient (Wildman–Crippen LogP) is 4.91. The maximum atomic E-state index is 13.8. The van der Waals surface area contributed by atoms with Crippen LogP contribution in [0.25, 0.3) is 10.9 Å². The number of ketones is 1. The molecule has 2 N–H and O–H groups in total. The molecule has 5 rings (SSSR count). The highest BCUT2D eigenvalue weighted by Gasteiger charge is 2.25. The first kappa shape index (κ1) is 29.4. The fraction of sp³-hybridized carbons (Fsp3) is 0.273. The zero-order valence-electron chi connectivity index (χ0n) is 23.9. The zero-order valence-corrected chi connectivity index (χ0v) is 23.9. The lowest BCUT2D eigenvalue weighted by Gasteiger charge is -2.31. The van der Waals surface area contributed by atoms with Crippen molar-refractivity contribution in [2.75, 3.05) is 40.3 Å². The van der Waals surface area contributed by atoms with E-state index in [0.29, 0.717) is 36.7 Å². The maximum Gasteiger partial charge on any atom is 0.293 e. The second-order valence-electron chi connectivity index (χ2n) is 10.1. The molecule has 2 heterocycles. The molecule has 1 aliphatic heterocycles. The second-order valence-corrected chi connectivity index (χ2v) is 10.1. The summed E-state index contributed by atoms with van der Waals surface area (Å²) in [5.74, 6) is 0.587. The molecule has 8 nitrogen and oxygen atoms in total. The summed E-state index contributed by atoms with van der Waals surface area (Å²) in [5.41, 5.74) is 5.45. The number of aryl methyl sites for hydroxylation is 1. The van der Waals surface area contributed by atoms with Crippen molar-refractivity contribution in [2.24, 2.45) is 0 Å². The first-order valence-electron chi connectivity index (χ1n) is 13.7. The van der Waals surface area contributed by atoms with Crippen LogP contribution < -0.4 is 10.1 Å². The summed E-state index contributed by atoms with van der Waals surface area (Å²) in [6.07, 6.45) is 3.88. The van der Waals surface area contributed by atoms with Gasteiger partial charge in [-0.25, -0.2) is 0 Å². The van der Waals surface area contributed by atoms with Crippen LogP contribution in [-0.4, -0.2) is 67.3 Å². The Hall–Kier alpha value is -4.56. The van der Waals surface area contributed by atoms with E-state index in [1.807, 2.05) is 111 Å². The number of hydrogen-bond acceptors (Lipinski definition) is 7. The average Bonchev–Trinajstić information content (AvgIpc) is 3.37. The minimum Gasteiger partial charge on any atom is -0.488 e. The number of carbonyl (C=O) groups excluding carboxylic acids is 2. The molecule has 0 spiro atoms. The van der Waals surface area contributed by atoms with Gasteiger partial charge in [0.1, 0.15) is 24.7 Å². The molecule has 0 unspecified atom stereocenters. The van der Waals surface area contributed by atoms with E-state index >= 15 is 0 Å². The number of nitrogens with zero attached hydrogens (tertiary/aromatic N) is 2. The number of benzene rings is 3. The number of fused-ring (bicyclic) bond motifs is 1. The number of aromatic amines is 1. The van der Waals surface area contributed by atoms with Crippen LogP contribution in [0.1, 0.15) is 27.0 Å². The van der Waals surface area contributed by atoms with Gasteiger partial charge in [-0.2, -0.15) is 0 Å². The zero-order chi connectivity index (χ0) is 29.0. The Morgan fingerprint density at radius 1 is 0.951 bits per heavy atom. The van der Waals surface area contributed by atoms with Gasteiger partial charge in [-0.15, -0.1) is 0 Å². The molecule has 41 heavy (non-hydrogen) atoms. The third kappa shape index (κ3) is 8.22. The third-order valence-electron chi connectivity index (χ3n) is 6.70.